The molecular weight excluding hydrogens is 534 g/mol. The summed E-state index contributed by atoms with van der Waals surface area (Å²) in [6.07, 6.45) is 7.68. The number of nitrogens with one attached hydrogen (secondary N) is 1. The SMILES string of the molecule is COc1cc(Nc2ncc3c(=O)n4n(c3n2)-c2ccc3c(n2)N(CCC/C=C\C4)CCO3)ccc1N1CCN(C)CC1. The second-order valence-electron chi connectivity index (χ2n) is 10.9. The summed E-state index contributed by atoms with van der Waals surface area (Å²) in [4.78, 5) is 34.8. The molecule has 2 bridgehead atoms. The average Bonchev–Trinajstić information content (AvgIpc) is 3.28. The van der Waals surface area contributed by atoms with E-state index in [0.29, 0.717) is 36.0 Å². The number of benzene rings is 1. The minimum Gasteiger partial charge on any atom is -0.495 e. The Hall–Kier alpha value is -4.58. The van der Waals surface area contributed by atoms with Gasteiger partial charge < -0.3 is 29.5 Å². The van der Waals surface area contributed by atoms with Crippen LogP contribution in [0.1, 0.15) is 12.8 Å². The van der Waals surface area contributed by atoms with Gasteiger partial charge in [-0.25, -0.2) is 19.3 Å². The minimum atomic E-state index is -0.163. The third-order valence-corrected chi connectivity index (χ3v) is 8.16. The molecule has 4 aromatic rings. The summed E-state index contributed by atoms with van der Waals surface area (Å²) in [6.45, 7) is 6.62. The molecule has 1 N–H and O–H groups in total. The van der Waals surface area contributed by atoms with Crippen LogP contribution >= 0.6 is 0 Å². The highest BCUT2D eigenvalue weighted by atomic mass is 16.5. The molecule has 0 amide bonds. The second kappa shape index (κ2) is 11.0. The van der Waals surface area contributed by atoms with E-state index < -0.39 is 0 Å². The summed E-state index contributed by atoms with van der Waals surface area (Å²) in [5.41, 5.74) is 2.18. The van der Waals surface area contributed by atoms with Crippen LogP contribution in [0.25, 0.3) is 16.9 Å². The van der Waals surface area contributed by atoms with Gasteiger partial charge in [0.15, 0.2) is 23.0 Å². The minimum absolute atomic E-state index is 0.163. The maximum atomic E-state index is 13.6. The van der Waals surface area contributed by atoms with Crippen molar-refractivity contribution in [2.75, 3.05) is 75.1 Å². The topological polar surface area (TPSA) is 106 Å². The number of likely N-dealkylation sites (N-methyl/N-ethyl adjacent to an activating group) is 1. The lowest BCUT2D eigenvalue weighted by atomic mass is 10.2. The Morgan fingerprint density at radius 2 is 1.86 bits per heavy atom. The van der Waals surface area contributed by atoms with E-state index in [1.165, 1.54) is 0 Å². The standard InChI is InChI=1S/C30H35N9O3/c1-35-13-15-36(16-14-35)23-8-7-21(19-25(23)41-2)32-30-31-20-22-27(34-30)39-26-10-9-24-28(33-26)37(17-18-42-24)11-5-3-4-6-12-38(39)29(22)40/h4,6-10,19-20H,3,5,11-18H2,1-2H3,(H,31,32,34)/b6-4-. The highest BCUT2D eigenvalue weighted by molar-refractivity contribution is 5.77. The molecular formula is C30H35N9O3. The number of hydrogen-bond acceptors (Lipinski definition) is 10. The first-order chi connectivity index (χ1) is 20.6. The van der Waals surface area contributed by atoms with Gasteiger partial charge in [0.1, 0.15) is 17.7 Å². The van der Waals surface area contributed by atoms with Crippen molar-refractivity contribution in [1.82, 2.24) is 29.2 Å². The fourth-order valence-electron chi connectivity index (χ4n) is 5.84. The van der Waals surface area contributed by atoms with E-state index in [9.17, 15) is 4.79 Å². The number of aromatic nitrogens is 5. The monoisotopic (exact) mass is 569 g/mol. The summed E-state index contributed by atoms with van der Waals surface area (Å²) >= 11 is 0. The van der Waals surface area contributed by atoms with Crippen LogP contribution in [-0.2, 0) is 6.54 Å². The summed E-state index contributed by atoms with van der Waals surface area (Å²) < 4.78 is 15.1. The molecule has 1 aromatic carbocycles. The normalized spacial score (nSPS) is 18.0. The van der Waals surface area contributed by atoms with E-state index in [4.69, 9.17) is 19.4 Å². The predicted molar refractivity (Wildman–Crippen MR) is 163 cm³/mol. The van der Waals surface area contributed by atoms with Gasteiger partial charge in [-0.3, -0.25) is 4.79 Å². The van der Waals surface area contributed by atoms with Gasteiger partial charge >= 0.3 is 0 Å². The Balaban J connectivity index is 1.27. The highest BCUT2D eigenvalue weighted by Crippen LogP contribution is 2.34. The van der Waals surface area contributed by atoms with Crippen molar-refractivity contribution in [1.29, 1.82) is 0 Å². The van der Waals surface area contributed by atoms with Crippen LogP contribution in [0.15, 0.2) is 53.5 Å². The molecule has 3 aromatic heterocycles. The fourth-order valence-corrected chi connectivity index (χ4v) is 5.84. The molecule has 0 radical (unpaired) electrons. The van der Waals surface area contributed by atoms with E-state index in [2.05, 4.69) is 44.2 Å². The van der Waals surface area contributed by atoms with E-state index in [1.807, 2.05) is 30.3 Å². The van der Waals surface area contributed by atoms with Gasteiger partial charge in [-0.05, 0) is 44.2 Å². The molecule has 0 spiro atoms. The first-order valence-corrected chi connectivity index (χ1v) is 14.5. The van der Waals surface area contributed by atoms with Gasteiger partial charge in [0.05, 0.1) is 25.9 Å². The molecule has 12 heteroatoms. The maximum absolute atomic E-state index is 13.6. The number of ether oxygens (including phenoxy) is 2. The molecule has 0 atom stereocenters. The maximum Gasteiger partial charge on any atom is 0.278 e. The fraction of sp³-hybridized carbons (Fsp3) is 0.400. The molecule has 6 heterocycles. The average molecular weight is 570 g/mol. The van der Waals surface area contributed by atoms with Crippen molar-refractivity contribution in [2.45, 2.75) is 19.4 Å². The Morgan fingerprint density at radius 1 is 0.976 bits per heavy atom. The predicted octanol–water partition coefficient (Wildman–Crippen LogP) is 3.03. The molecule has 0 unspecified atom stereocenters. The number of anilines is 4. The van der Waals surface area contributed by atoms with Crippen LogP contribution in [0.5, 0.6) is 11.5 Å². The molecule has 12 nitrogen and oxygen atoms in total. The summed E-state index contributed by atoms with van der Waals surface area (Å²) in [7, 11) is 3.83. The zero-order valence-electron chi connectivity index (χ0n) is 24.0. The molecule has 42 heavy (non-hydrogen) atoms. The third-order valence-electron chi connectivity index (χ3n) is 8.16. The lowest BCUT2D eigenvalue weighted by Gasteiger charge is -2.34. The van der Waals surface area contributed by atoms with Gasteiger partial charge in [0.2, 0.25) is 5.95 Å². The summed E-state index contributed by atoms with van der Waals surface area (Å²) in [5, 5.41) is 3.75. The van der Waals surface area contributed by atoms with Gasteiger partial charge in [-0.2, -0.15) is 4.98 Å². The Kier molecular flexibility index (Phi) is 6.90. The number of pyridine rings is 1. The van der Waals surface area contributed by atoms with Gasteiger partial charge in [-0.15, -0.1) is 0 Å². The number of fused-ring (bicyclic) bond motifs is 5. The second-order valence-corrected chi connectivity index (χ2v) is 10.9. The van der Waals surface area contributed by atoms with Crippen LogP contribution in [0.3, 0.4) is 0 Å². The van der Waals surface area contributed by atoms with Crippen molar-refractivity contribution in [3.63, 3.8) is 0 Å². The van der Waals surface area contributed by atoms with Crippen LogP contribution in [0, 0.1) is 0 Å². The molecule has 3 aliphatic heterocycles. The number of nitrogens with zero attached hydrogens (tertiary/aromatic N) is 8. The highest BCUT2D eigenvalue weighted by Gasteiger charge is 2.24. The van der Waals surface area contributed by atoms with Crippen LogP contribution in [0.2, 0.25) is 0 Å². The van der Waals surface area contributed by atoms with E-state index in [0.717, 1.165) is 80.8 Å². The molecule has 218 valence electrons. The molecule has 7 rings (SSSR count). The molecule has 1 saturated heterocycles. The smallest absolute Gasteiger partial charge is 0.278 e. The van der Waals surface area contributed by atoms with Crippen LogP contribution in [0.4, 0.5) is 23.1 Å². The Labute approximate surface area is 243 Å². The van der Waals surface area contributed by atoms with Crippen molar-refractivity contribution >= 4 is 34.2 Å². The van der Waals surface area contributed by atoms with Gasteiger partial charge in [-0.1, -0.05) is 12.2 Å². The molecule has 3 aliphatic rings. The lowest BCUT2D eigenvalue weighted by Crippen LogP contribution is -2.44. The zero-order valence-corrected chi connectivity index (χ0v) is 24.0. The van der Waals surface area contributed by atoms with Crippen molar-refractivity contribution < 1.29 is 9.47 Å². The Morgan fingerprint density at radius 3 is 2.71 bits per heavy atom. The first-order valence-electron chi connectivity index (χ1n) is 14.5. The Bertz CT molecular complexity index is 1700. The third kappa shape index (κ3) is 4.81. The van der Waals surface area contributed by atoms with Gasteiger partial charge in [0.25, 0.3) is 5.56 Å². The molecule has 0 saturated carbocycles. The quantitative estimate of drug-likeness (QED) is 0.369. The lowest BCUT2D eigenvalue weighted by molar-refractivity contribution is 0.304. The summed E-state index contributed by atoms with van der Waals surface area (Å²) in [5.74, 6) is 3.32. The first kappa shape index (κ1) is 26.3. The number of hydrogen-bond donors (Lipinski definition) is 1. The molecule has 0 aliphatic carbocycles. The molecule has 1 fully saturated rings. The van der Waals surface area contributed by atoms with E-state index in [1.54, 1.807) is 22.7 Å². The number of piperazine rings is 1. The largest absolute Gasteiger partial charge is 0.495 e. The van der Waals surface area contributed by atoms with Crippen LogP contribution in [-0.4, -0.2) is 89.2 Å². The number of allylic oxidation sites excluding steroid dienone is 2. The van der Waals surface area contributed by atoms with Gasteiger partial charge in [0, 0.05) is 50.7 Å². The van der Waals surface area contributed by atoms with Crippen molar-refractivity contribution in [3.8, 4) is 17.3 Å². The van der Waals surface area contributed by atoms with E-state index in [-0.39, 0.29) is 5.56 Å². The van der Waals surface area contributed by atoms with E-state index >= 15 is 0 Å². The van der Waals surface area contributed by atoms with Crippen molar-refractivity contribution in [2.24, 2.45) is 0 Å². The number of rotatable bonds is 4. The number of methoxy groups -OCH3 is 1. The van der Waals surface area contributed by atoms with Crippen LogP contribution < -0.4 is 30.1 Å². The van der Waals surface area contributed by atoms with Crippen molar-refractivity contribution in [3.05, 3.63) is 59.0 Å². The summed E-state index contributed by atoms with van der Waals surface area (Å²) in [6, 6.07) is 9.84. The zero-order chi connectivity index (χ0) is 28.6.